The number of ether oxygens (including phenoxy) is 1. The van der Waals surface area contributed by atoms with E-state index in [-0.39, 0.29) is 29.0 Å². The molecule has 2 atom stereocenters. The van der Waals surface area contributed by atoms with E-state index in [1.165, 1.54) is 6.92 Å². The second-order valence-electron chi connectivity index (χ2n) is 9.22. The number of amides is 1. The van der Waals surface area contributed by atoms with Gasteiger partial charge in [-0.05, 0) is 40.5 Å². The molecule has 0 radical (unpaired) electrons. The third-order valence-corrected chi connectivity index (χ3v) is 6.04. The summed E-state index contributed by atoms with van der Waals surface area (Å²) in [6.07, 6.45) is -2.63. The number of pyridine rings is 2. The number of aryl methyl sites for hydroxylation is 1. The van der Waals surface area contributed by atoms with Gasteiger partial charge in [0.2, 0.25) is 0 Å². The fraction of sp³-hybridized carbons (Fsp3) is 0.571. The zero-order valence-corrected chi connectivity index (χ0v) is 18.8. The molecule has 4 rings (SSSR count). The molecule has 2 unspecified atom stereocenters. The molecule has 11 heteroatoms. The Kier molecular flexibility index (Phi) is 5.42. The van der Waals surface area contributed by atoms with Gasteiger partial charge in [-0.1, -0.05) is 11.6 Å². The van der Waals surface area contributed by atoms with Gasteiger partial charge < -0.3 is 9.64 Å². The largest absolute Gasteiger partial charge is 0.444 e. The predicted molar refractivity (Wildman–Crippen MR) is 111 cm³/mol. The number of anilines is 1. The fourth-order valence-corrected chi connectivity index (χ4v) is 4.75. The van der Waals surface area contributed by atoms with Crippen molar-refractivity contribution in [2.24, 2.45) is 0 Å². The molecule has 2 fully saturated rings. The highest BCUT2D eigenvalue weighted by Crippen LogP contribution is 2.43. The molecule has 2 aromatic heterocycles. The van der Waals surface area contributed by atoms with Crippen molar-refractivity contribution in [2.75, 3.05) is 18.0 Å². The van der Waals surface area contributed by atoms with Gasteiger partial charge in [-0.3, -0.25) is 4.90 Å². The number of carbonyl (C=O) groups excluding carboxylic acids is 1. The van der Waals surface area contributed by atoms with Crippen molar-refractivity contribution in [3.05, 3.63) is 28.4 Å². The van der Waals surface area contributed by atoms with Crippen LogP contribution in [0.5, 0.6) is 0 Å². The molecule has 4 heterocycles. The second-order valence-corrected chi connectivity index (χ2v) is 9.58. The minimum Gasteiger partial charge on any atom is -0.444 e. The lowest BCUT2D eigenvalue weighted by Gasteiger charge is -2.42. The summed E-state index contributed by atoms with van der Waals surface area (Å²) in [4.78, 5) is 24.1. The topological polar surface area (TPSA) is 58.6 Å². The monoisotopic (exact) mass is 474 g/mol. The van der Waals surface area contributed by atoms with Gasteiger partial charge in [0.15, 0.2) is 11.0 Å². The highest BCUT2D eigenvalue weighted by Gasteiger charge is 2.45. The molecule has 1 amide bonds. The molecule has 2 aromatic rings. The summed E-state index contributed by atoms with van der Waals surface area (Å²) in [5, 5.41) is -1.33. The van der Waals surface area contributed by atoms with Gasteiger partial charge in [0, 0.05) is 30.1 Å². The molecule has 2 aliphatic heterocycles. The van der Waals surface area contributed by atoms with Crippen molar-refractivity contribution < 1.29 is 27.1 Å². The summed E-state index contributed by atoms with van der Waals surface area (Å²) >= 11 is 5.72. The number of piperazine rings is 1. The first kappa shape index (κ1) is 22.8. The first-order valence-electron chi connectivity index (χ1n) is 10.3. The minimum absolute atomic E-state index is 0.0602. The van der Waals surface area contributed by atoms with Crippen LogP contribution < -0.4 is 4.90 Å². The maximum atomic E-state index is 14.8. The number of hydrogen-bond donors (Lipinski definition) is 0. The van der Waals surface area contributed by atoms with Gasteiger partial charge in [-0.2, -0.15) is 13.2 Å². The van der Waals surface area contributed by atoms with E-state index in [1.54, 1.807) is 30.6 Å². The Morgan fingerprint density at radius 3 is 2.31 bits per heavy atom. The zero-order valence-electron chi connectivity index (χ0n) is 18.1. The number of rotatable bonds is 1. The number of nitrogens with zero attached hydrogens (tertiary/aromatic N) is 4. The highest BCUT2D eigenvalue weighted by molar-refractivity contribution is 6.30. The summed E-state index contributed by atoms with van der Waals surface area (Å²) in [6.45, 7) is 7.25. The smallest absolute Gasteiger partial charge is 0.418 e. The van der Waals surface area contributed by atoms with Crippen molar-refractivity contribution >= 4 is 34.3 Å². The van der Waals surface area contributed by atoms with Crippen LogP contribution >= 0.6 is 11.6 Å². The van der Waals surface area contributed by atoms with Crippen molar-refractivity contribution in [2.45, 2.75) is 64.4 Å². The number of fused-ring (bicyclic) bond motifs is 3. The maximum absolute atomic E-state index is 14.8. The Morgan fingerprint density at radius 1 is 1.19 bits per heavy atom. The number of hydrogen-bond acceptors (Lipinski definition) is 5. The van der Waals surface area contributed by atoms with E-state index >= 15 is 0 Å². The van der Waals surface area contributed by atoms with Crippen LogP contribution in [0.1, 0.15) is 44.9 Å². The van der Waals surface area contributed by atoms with Crippen LogP contribution in [0.3, 0.4) is 0 Å². The molecule has 0 spiro atoms. The van der Waals surface area contributed by atoms with E-state index in [0.717, 1.165) is 19.0 Å². The minimum atomic E-state index is -4.81. The van der Waals surface area contributed by atoms with E-state index in [4.69, 9.17) is 16.3 Å². The normalized spacial score (nSPS) is 21.4. The van der Waals surface area contributed by atoms with Gasteiger partial charge in [0.25, 0.3) is 0 Å². The summed E-state index contributed by atoms with van der Waals surface area (Å²) < 4.78 is 61.5. The van der Waals surface area contributed by atoms with E-state index in [0.29, 0.717) is 13.1 Å². The van der Waals surface area contributed by atoms with Crippen molar-refractivity contribution in [3.8, 4) is 0 Å². The van der Waals surface area contributed by atoms with Crippen LogP contribution in [-0.2, 0) is 10.9 Å². The van der Waals surface area contributed by atoms with Gasteiger partial charge in [0.1, 0.15) is 11.4 Å². The third kappa shape index (κ3) is 3.93. The van der Waals surface area contributed by atoms with E-state index < -0.39 is 39.8 Å². The Hall–Kier alpha value is -2.36. The van der Waals surface area contributed by atoms with Crippen molar-refractivity contribution in [1.29, 1.82) is 0 Å². The number of carbonyl (C=O) groups is 1. The first-order valence-corrected chi connectivity index (χ1v) is 10.6. The van der Waals surface area contributed by atoms with Crippen LogP contribution in [0.25, 0.3) is 10.8 Å². The van der Waals surface area contributed by atoms with Gasteiger partial charge in [-0.15, -0.1) is 0 Å². The Balaban J connectivity index is 1.75. The van der Waals surface area contributed by atoms with Crippen LogP contribution in [-0.4, -0.2) is 51.7 Å². The Morgan fingerprint density at radius 2 is 1.78 bits per heavy atom. The van der Waals surface area contributed by atoms with Crippen molar-refractivity contribution in [1.82, 2.24) is 14.9 Å². The van der Waals surface area contributed by atoms with Crippen LogP contribution in [0.2, 0.25) is 5.15 Å². The van der Waals surface area contributed by atoms with E-state index in [2.05, 4.69) is 9.97 Å². The molecule has 0 aliphatic carbocycles. The molecule has 2 aliphatic rings. The maximum Gasteiger partial charge on any atom is 0.418 e. The summed E-state index contributed by atoms with van der Waals surface area (Å²) in [5.74, 6) is -1.02. The highest BCUT2D eigenvalue weighted by atomic mass is 35.5. The number of aromatic nitrogens is 2. The molecule has 0 N–H and O–H groups in total. The van der Waals surface area contributed by atoms with Gasteiger partial charge in [-0.25, -0.2) is 19.2 Å². The first-order chi connectivity index (χ1) is 14.8. The lowest BCUT2D eigenvalue weighted by Crippen LogP contribution is -2.57. The quantitative estimate of drug-likeness (QED) is 0.412. The third-order valence-electron chi connectivity index (χ3n) is 5.77. The molecule has 2 saturated heterocycles. The average Bonchev–Trinajstić information content (AvgIpc) is 2.92. The van der Waals surface area contributed by atoms with Crippen LogP contribution in [0, 0.1) is 12.7 Å². The lowest BCUT2D eigenvalue weighted by molar-refractivity contribution is -0.137. The lowest BCUT2D eigenvalue weighted by atomic mass is 10.0. The fourth-order valence-electron chi connectivity index (χ4n) is 4.61. The standard InChI is InChI=1S/C21H23ClF4N4O2/c1-10-15(21(24,25)26)14-13(7-27-17(22)16(14)23)18(28-10)29-8-11-5-6-12(9-29)30(11)19(31)32-20(2,3)4/h7,11-12H,5-6,8-9H2,1-4H3. The molecular formula is C21H23ClF4N4O2. The number of alkyl halides is 3. The van der Waals surface area contributed by atoms with Crippen LogP contribution in [0.15, 0.2) is 6.20 Å². The summed E-state index contributed by atoms with van der Waals surface area (Å²) in [7, 11) is 0. The van der Waals surface area contributed by atoms with Crippen molar-refractivity contribution in [3.63, 3.8) is 0 Å². The molecule has 174 valence electrons. The Labute approximate surface area is 187 Å². The van der Waals surface area contributed by atoms with Crippen LogP contribution in [0.4, 0.5) is 28.2 Å². The SMILES string of the molecule is Cc1nc(N2CC3CCC(C2)N3C(=O)OC(C)(C)C)c2cnc(Cl)c(F)c2c1C(F)(F)F. The molecule has 32 heavy (non-hydrogen) atoms. The molecule has 6 nitrogen and oxygen atoms in total. The Bertz CT molecular complexity index is 1070. The molecule has 0 saturated carbocycles. The second kappa shape index (κ2) is 7.60. The summed E-state index contributed by atoms with van der Waals surface area (Å²) in [5.41, 5.74) is -2.14. The zero-order chi connectivity index (χ0) is 23.6. The molecule has 0 aromatic carbocycles. The predicted octanol–water partition coefficient (Wildman–Crippen LogP) is 5.34. The number of halogens is 5. The van der Waals surface area contributed by atoms with Gasteiger partial charge >= 0.3 is 12.3 Å². The van der Waals surface area contributed by atoms with E-state index in [1.807, 2.05) is 0 Å². The van der Waals surface area contributed by atoms with Gasteiger partial charge in [0.05, 0.1) is 23.3 Å². The molecule has 2 bridgehead atoms. The molecular weight excluding hydrogens is 452 g/mol. The van der Waals surface area contributed by atoms with E-state index in [9.17, 15) is 22.4 Å². The average molecular weight is 475 g/mol. The summed E-state index contributed by atoms with van der Waals surface area (Å²) in [6, 6.07) is -0.374.